The highest BCUT2D eigenvalue weighted by Crippen LogP contribution is 1.92. The molecule has 0 bridgehead atoms. The molecule has 0 radical (unpaired) electrons. The van der Waals surface area contributed by atoms with Crippen LogP contribution >= 0.6 is 0 Å². The summed E-state index contributed by atoms with van der Waals surface area (Å²) in [6, 6.07) is 0. The first-order chi connectivity index (χ1) is 8.09. The monoisotopic (exact) mass is 241 g/mol. The van der Waals surface area contributed by atoms with Gasteiger partial charge in [0.25, 0.3) is 0 Å². The Bertz CT molecular complexity index is 364. The van der Waals surface area contributed by atoms with Crippen molar-refractivity contribution < 1.29 is 19.8 Å². The quantitative estimate of drug-likeness (QED) is 0.581. The predicted molar refractivity (Wildman–Crippen MR) is 58.1 cm³/mol. The molecule has 7 nitrogen and oxygen atoms in total. The van der Waals surface area contributed by atoms with Gasteiger partial charge < -0.3 is 20.1 Å². The van der Waals surface area contributed by atoms with Crippen molar-refractivity contribution in [2.45, 2.75) is 25.5 Å². The Hall–Kier alpha value is -1.89. The normalized spacial score (nSPS) is 12.1. The fourth-order valence-electron chi connectivity index (χ4n) is 1.21. The average molecular weight is 241 g/mol. The van der Waals surface area contributed by atoms with E-state index in [1.807, 2.05) is 0 Å². The maximum absolute atomic E-state index is 11.3. The van der Waals surface area contributed by atoms with Crippen LogP contribution in [0.2, 0.25) is 0 Å². The molecular formula is C10H15N3O4. The highest BCUT2D eigenvalue weighted by atomic mass is 16.4. The minimum absolute atomic E-state index is 0.00610. The number of hydrogen-bond donors (Lipinski definition) is 3. The van der Waals surface area contributed by atoms with Gasteiger partial charge in [-0.3, -0.25) is 4.79 Å². The number of aliphatic carboxylic acids is 1. The number of carboxylic acids is 1. The van der Waals surface area contributed by atoms with E-state index in [0.717, 1.165) is 0 Å². The highest BCUT2D eigenvalue weighted by molar-refractivity contribution is 5.76. The molecule has 1 heterocycles. The van der Waals surface area contributed by atoms with Gasteiger partial charge in [0.2, 0.25) is 5.91 Å². The largest absolute Gasteiger partial charge is 0.479 e. The third-order valence-electron chi connectivity index (χ3n) is 2.18. The minimum Gasteiger partial charge on any atom is -0.479 e. The predicted octanol–water partition coefficient (Wildman–Crippen LogP) is -0.775. The number of hydrogen-bond acceptors (Lipinski definition) is 4. The average Bonchev–Trinajstić information content (AvgIpc) is 2.78. The molecule has 94 valence electrons. The SMILES string of the molecule is O=C(CCn1ccnc1)NCC[C@H](O)C(=O)O. The summed E-state index contributed by atoms with van der Waals surface area (Å²) in [5, 5.41) is 19.9. The maximum Gasteiger partial charge on any atom is 0.332 e. The van der Waals surface area contributed by atoms with E-state index in [9.17, 15) is 9.59 Å². The number of rotatable bonds is 7. The van der Waals surface area contributed by atoms with Crippen LogP contribution in [0.4, 0.5) is 0 Å². The van der Waals surface area contributed by atoms with Gasteiger partial charge in [0, 0.05) is 38.3 Å². The Kier molecular flexibility index (Phi) is 5.15. The Labute approximate surface area is 98.1 Å². The summed E-state index contributed by atoms with van der Waals surface area (Å²) < 4.78 is 1.77. The first-order valence-electron chi connectivity index (χ1n) is 5.23. The summed E-state index contributed by atoms with van der Waals surface area (Å²) in [4.78, 5) is 25.4. The number of nitrogens with one attached hydrogen (secondary N) is 1. The zero-order valence-electron chi connectivity index (χ0n) is 9.24. The van der Waals surface area contributed by atoms with Crippen LogP contribution in [-0.4, -0.2) is 44.3 Å². The molecule has 0 fully saturated rings. The number of imidazole rings is 1. The molecule has 1 rings (SSSR count). The van der Waals surface area contributed by atoms with Gasteiger partial charge in [-0.1, -0.05) is 0 Å². The van der Waals surface area contributed by atoms with Crippen molar-refractivity contribution in [1.29, 1.82) is 0 Å². The third-order valence-corrected chi connectivity index (χ3v) is 2.18. The zero-order valence-corrected chi connectivity index (χ0v) is 9.24. The molecule has 1 atom stereocenters. The minimum atomic E-state index is -1.43. The molecule has 1 aromatic rings. The van der Waals surface area contributed by atoms with Crippen LogP contribution in [0.1, 0.15) is 12.8 Å². The summed E-state index contributed by atoms with van der Waals surface area (Å²) in [5.74, 6) is -1.46. The van der Waals surface area contributed by atoms with Crippen LogP contribution in [-0.2, 0) is 16.1 Å². The van der Waals surface area contributed by atoms with E-state index >= 15 is 0 Å². The summed E-state index contributed by atoms with van der Waals surface area (Å²) in [5.41, 5.74) is 0. The smallest absolute Gasteiger partial charge is 0.332 e. The Morgan fingerprint density at radius 3 is 2.82 bits per heavy atom. The van der Waals surface area contributed by atoms with Crippen molar-refractivity contribution in [1.82, 2.24) is 14.9 Å². The molecular weight excluding hydrogens is 226 g/mol. The first kappa shape index (κ1) is 13.2. The number of amides is 1. The lowest BCUT2D eigenvalue weighted by atomic mass is 10.2. The van der Waals surface area contributed by atoms with Crippen molar-refractivity contribution in [3.05, 3.63) is 18.7 Å². The van der Waals surface area contributed by atoms with Crippen LogP contribution in [0, 0.1) is 0 Å². The van der Waals surface area contributed by atoms with Crippen LogP contribution in [0.3, 0.4) is 0 Å². The van der Waals surface area contributed by atoms with Crippen LogP contribution < -0.4 is 5.32 Å². The second kappa shape index (κ2) is 6.64. The lowest BCUT2D eigenvalue weighted by Gasteiger charge is -2.07. The first-order valence-corrected chi connectivity index (χ1v) is 5.23. The molecule has 0 aliphatic rings. The molecule has 0 unspecified atom stereocenters. The van der Waals surface area contributed by atoms with Crippen molar-refractivity contribution in [3.8, 4) is 0 Å². The lowest BCUT2D eigenvalue weighted by molar-refractivity contribution is -0.147. The molecule has 17 heavy (non-hydrogen) atoms. The zero-order chi connectivity index (χ0) is 12.7. The number of carboxylic acid groups (broad SMARTS) is 1. The van der Waals surface area contributed by atoms with E-state index in [1.54, 1.807) is 23.3 Å². The van der Waals surface area contributed by atoms with Gasteiger partial charge in [0.15, 0.2) is 6.10 Å². The van der Waals surface area contributed by atoms with Gasteiger partial charge in [-0.15, -0.1) is 0 Å². The second-order valence-corrected chi connectivity index (χ2v) is 3.54. The second-order valence-electron chi connectivity index (χ2n) is 3.54. The number of carbonyl (C=O) groups excluding carboxylic acids is 1. The molecule has 7 heteroatoms. The van der Waals surface area contributed by atoms with E-state index < -0.39 is 12.1 Å². The Morgan fingerprint density at radius 1 is 1.47 bits per heavy atom. The van der Waals surface area contributed by atoms with Gasteiger partial charge in [-0.25, -0.2) is 9.78 Å². The Balaban J connectivity index is 2.11. The van der Waals surface area contributed by atoms with E-state index in [2.05, 4.69) is 10.3 Å². The van der Waals surface area contributed by atoms with Crippen LogP contribution in [0.15, 0.2) is 18.7 Å². The number of carbonyl (C=O) groups is 2. The molecule has 0 aromatic carbocycles. The molecule has 0 aliphatic heterocycles. The molecule has 0 saturated heterocycles. The van der Waals surface area contributed by atoms with E-state index in [1.165, 1.54) is 0 Å². The molecule has 3 N–H and O–H groups in total. The van der Waals surface area contributed by atoms with E-state index in [4.69, 9.17) is 10.2 Å². The van der Waals surface area contributed by atoms with Crippen LogP contribution in [0.25, 0.3) is 0 Å². The van der Waals surface area contributed by atoms with Crippen molar-refractivity contribution in [3.63, 3.8) is 0 Å². The topological polar surface area (TPSA) is 104 Å². The van der Waals surface area contributed by atoms with Gasteiger partial charge in [-0.05, 0) is 0 Å². The van der Waals surface area contributed by atoms with Crippen molar-refractivity contribution >= 4 is 11.9 Å². The van der Waals surface area contributed by atoms with Crippen LogP contribution in [0.5, 0.6) is 0 Å². The number of aryl methyl sites for hydroxylation is 1. The number of aliphatic hydroxyl groups is 1. The standard InChI is InChI=1S/C10H15N3O4/c14-8(10(16)17)1-3-12-9(15)2-5-13-6-4-11-7-13/h4,6-8,14H,1-3,5H2,(H,12,15)(H,16,17)/t8-/m0/s1. The molecule has 0 saturated carbocycles. The Morgan fingerprint density at radius 2 is 2.24 bits per heavy atom. The van der Waals surface area contributed by atoms with Gasteiger partial charge in [0.1, 0.15) is 0 Å². The fraction of sp³-hybridized carbons (Fsp3) is 0.500. The number of aliphatic hydroxyl groups excluding tert-OH is 1. The summed E-state index contributed by atoms with van der Waals surface area (Å²) in [7, 11) is 0. The van der Waals surface area contributed by atoms with Gasteiger partial charge >= 0.3 is 5.97 Å². The number of aromatic nitrogens is 2. The van der Waals surface area contributed by atoms with E-state index in [-0.39, 0.29) is 18.9 Å². The van der Waals surface area contributed by atoms with Gasteiger partial charge in [-0.2, -0.15) is 0 Å². The van der Waals surface area contributed by atoms with Crippen molar-refractivity contribution in [2.24, 2.45) is 0 Å². The molecule has 0 aliphatic carbocycles. The molecule has 1 amide bonds. The third kappa shape index (κ3) is 5.12. The lowest BCUT2D eigenvalue weighted by Crippen LogP contribution is -2.30. The summed E-state index contributed by atoms with van der Waals surface area (Å²) in [6.07, 6.45) is 3.86. The molecule has 0 spiro atoms. The summed E-state index contributed by atoms with van der Waals surface area (Å²) in [6.45, 7) is 0.670. The fourth-order valence-corrected chi connectivity index (χ4v) is 1.21. The maximum atomic E-state index is 11.3. The van der Waals surface area contributed by atoms with Crippen molar-refractivity contribution in [2.75, 3.05) is 6.54 Å². The van der Waals surface area contributed by atoms with E-state index in [0.29, 0.717) is 13.0 Å². The summed E-state index contributed by atoms with van der Waals surface area (Å²) >= 11 is 0. The molecule has 1 aromatic heterocycles. The number of nitrogens with zero attached hydrogens (tertiary/aromatic N) is 2. The highest BCUT2D eigenvalue weighted by Gasteiger charge is 2.12. The van der Waals surface area contributed by atoms with Gasteiger partial charge in [0.05, 0.1) is 6.33 Å².